The topological polar surface area (TPSA) is 50.4 Å². The minimum atomic E-state index is -0.0667. The van der Waals surface area contributed by atoms with Crippen molar-refractivity contribution in [2.24, 2.45) is 0 Å². The third-order valence-corrected chi connectivity index (χ3v) is 4.40. The summed E-state index contributed by atoms with van der Waals surface area (Å²) in [6, 6.07) is 3.70. The van der Waals surface area contributed by atoms with E-state index < -0.39 is 0 Å². The summed E-state index contributed by atoms with van der Waals surface area (Å²) < 4.78 is 5.40. The smallest absolute Gasteiger partial charge is 0.238 e. The summed E-state index contributed by atoms with van der Waals surface area (Å²) >= 11 is 7.81. The van der Waals surface area contributed by atoms with Gasteiger partial charge in [-0.2, -0.15) is 0 Å². The molecule has 1 aliphatic heterocycles. The summed E-state index contributed by atoms with van der Waals surface area (Å²) in [5.74, 6) is 2.59. The van der Waals surface area contributed by atoms with Crippen molar-refractivity contribution >= 4 is 29.3 Å². The van der Waals surface area contributed by atoms with Crippen molar-refractivity contribution in [3.63, 3.8) is 0 Å². The van der Waals surface area contributed by atoms with Crippen LogP contribution in [0.1, 0.15) is 11.1 Å². The molecule has 1 aromatic rings. The lowest BCUT2D eigenvalue weighted by atomic mass is 10.1. The third-order valence-electron chi connectivity index (χ3n) is 3.25. The maximum Gasteiger partial charge on any atom is 0.238 e. The number of benzene rings is 1. The Hall–Kier alpha value is -0.910. The van der Waals surface area contributed by atoms with E-state index in [0.29, 0.717) is 18.0 Å². The fourth-order valence-electron chi connectivity index (χ4n) is 2.28. The molecular weight excluding hydrogens is 296 g/mol. The van der Waals surface area contributed by atoms with Gasteiger partial charge in [-0.05, 0) is 36.6 Å². The Labute approximate surface area is 128 Å². The van der Waals surface area contributed by atoms with Crippen LogP contribution < -0.4 is 15.4 Å². The first-order valence-electron chi connectivity index (χ1n) is 6.53. The minimum absolute atomic E-state index is 0.0627. The van der Waals surface area contributed by atoms with Crippen LogP contribution in [0.3, 0.4) is 0 Å². The summed E-state index contributed by atoms with van der Waals surface area (Å²) in [7, 11) is 1.65. The second kappa shape index (κ2) is 7.20. The molecule has 1 aromatic carbocycles. The highest BCUT2D eigenvalue weighted by Crippen LogP contribution is 2.27. The summed E-state index contributed by atoms with van der Waals surface area (Å²) in [6.07, 6.45) is 0.705. The number of hydrogen-bond acceptors (Lipinski definition) is 4. The Balaban J connectivity index is 1.92. The van der Waals surface area contributed by atoms with Gasteiger partial charge in [0.15, 0.2) is 0 Å². The van der Waals surface area contributed by atoms with E-state index in [2.05, 4.69) is 10.6 Å². The highest BCUT2D eigenvalue weighted by atomic mass is 35.5. The fourth-order valence-corrected chi connectivity index (χ4v) is 3.52. The molecule has 20 heavy (non-hydrogen) atoms. The number of halogens is 1. The van der Waals surface area contributed by atoms with Gasteiger partial charge in [0.05, 0.1) is 13.2 Å². The zero-order valence-corrected chi connectivity index (χ0v) is 13.2. The summed E-state index contributed by atoms with van der Waals surface area (Å²) in [4.78, 5) is 11.9. The number of thioether (sulfide) groups is 1. The summed E-state index contributed by atoms with van der Waals surface area (Å²) in [5.41, 5.74) is 2.03. The molecule has 1 unspecified atom stereocenters. The Bertz CT molecular complexity index is 490. The molecule has 0 aromatic heterocycles. The van der Waals surface area contributed by atoms with Crippen molar-refractivity contribution in [3.05, 3.63) is 28.3 Å². The number of carbonyl (C=O) groups excluding carboxylic acids is 1. The largest absolute Gasteiger partial charge is 0.496 e. The normalized spacial score (nSPS) is 18.1. The van der Waals surface area contributed by atoms with E-state index in [0.717, 1.165) is 28.5 Å². The molecule has 0 bridgehead atoms. The number of methoxy groups -OCH3 is 1. The molecule has 2 rings (SSSR count). The molecule has 0 spiro atoms. The van der Waals surface area contributed by atoms with Crippen molar-refractivity contribution in [3.8, 4) is 5.75 Å². The number of ether oxygens (including phenoxy) is 1. The molecule has 6 heteroatoms. The molecular formula is C14H19ClN2O2S. The van der Waals surface area contributed by atoms with Crippen LogP contribution in [-0.2, 0) is 11.2 Å². The standard InChI is InChI=1S/C14H19ClN2O2S/c1-9-5-11(15)6-10(13(9)19-2)3-4-16-14(18)12-7-20-8-17-12/h5-6,12,17H,3-4,7-8H2,1-2H3,(H,16,18). The quantitative estimate of drug-likeness (QED) is 0.872. The van der Waals surface area contributed by atoms with E-state index >= 15 is 0 Å². The van der Waals surface area contributed by atoms with Gasteiger partial charge < -0.3 is 10.1 Å². The lowest BCUT2D eigenvalue weighted by molar-refractivity contribution is -0.122. The molecule has 4 nitrogen and oxygen atoms in total. The lowest BCUT2D eigenvalue weighted by Gasteiger charge is -2.14. The second-order valence-electron chi connectivity index (χ2n) is 4.73. The number of aryl methyl sites for hydroxylation is 1. The Morgan fingerprint density at radius 1 is 1.60 bits per heavy atom. The van der Waals surface area contributed by atoms with Crippen molar-refractivity contribution in [1.82, 2.24) is 10.6 Å². The number of nitrogens with one attached hydrogen (secondary N) is 2. The van der Waals surface area contributed by atoms with E-state index in [9.17, 15) is 4.79 Å². The minimum Gasteiger partial charge on any atom is -0.496 e. The monoisotopic (exact) mass is 314 g/mol. The van der Waals surface area contributed by atoms with Crippen molar-refractivity contribution in [2.45, 2.75) is 19.4 Å². The van der Waals surface area contributed by atoms with E-state index in [1.54, 1.807) is 18.9 Å². The van der Waals surface area contributed by atoms with Crippen LogP contribution in [0.2, 0.25) is 5.02 Å². The number of hydrogen-bond donors (Lipinski definition) is 2. The van der Waals surface area contributed by atoms with E-state index in [1.807, 2.05) is 19.1 Å². The van der Waals surface area contributed by atoms with Gasteiger partial charge in [-0.25, -0.2) is 0 Å². The van der Waals surface area contributed by atoms with Gasteiger partial charge in [0, 0.05) is 23.2 Å². The number of rotatable bonds is 5. The van der Waals surface area contributed by atoms with E-state index in [4.69, 9.17) is 16.3 Å². The zero-order valence-electron chi connectivity index (χ0n) is 11.7. The van der Waals surface area contributed by atoms with E-state index in [-0.39, 0.29) is 11.9 Å². The maximum atomic E-state index is 11.9. The summed E-state index contributed by atoms with van der Waals surface area (Å²) in [5, 5.41) is 6.79. The molecule has 1 aliphatic rings. The van der Waals surface area contributed by atoms with Crippen LogP contribution in [-0.4, -0.2) is 37.2 Å². The molecule has 1 atom stereocenters. The fraction of sp³-hybridized carbons (Fsp3) is 0.500. The third kappa shape index (κ3) is 3.81. The van der Waals surface area contributed by atoms with Gasteiger partial charge in [0.2, 0.25) is 5.91 Å². The van der Waals surface area contributed by atoms with Gasteiger partial charge in [0.25, 0.3) is 0 Å². The van der Waals surface area contributed by atoms with Crippen LogP contribution in [0.25, 0.3) is 0 Å². The van der Waals surface area contributed by atoms with Gasteiger partial charge in [0.1, 0.15) is 5.75 Å². The van der Waals surface area contributed by atoms with Crippen LogP contribution in [0, 0.1) is 6.92 Å². The van der Waals surface area contributed by atoms with Crippen molar-refractivity contribution in [1.29, 1.82) is 0 Å². The molecule has 2 N–H and O–H groups in total. The average Bonchev–Trinajstić information content (AvgIpc) is 2.92. The lowest BCUT2D eigenvalue weighted by Crippen LogP contribution is -2.42. The molecule has 1 heterocycles. The first-order chi connectivity index (χ1) is 9.61. The van der Waals surface area contributed by atoms with Crippen LogP contribution >= 0.6 is 23.4 Å². The molecule has 0 aliphatic carbocycles. The zero-order chi connectivity index (χ0) is 14.5. The summed E-state index contributed by atoms with van der Waals surface area (Å²) in [6.45, 7) is 2.55. The SMILES string of the molecule is COc1c(C)cc(Cl)cc1CCNC(=O)C1CSCN1. The average molecular weight is 315 g/mol. The van der Waals surface area contributed by atoms with Gasteiger partial charge >= 0.3 is 0 Å². The Kier molecular flexibility index (Phi) is 5.57. The molecule has 1 amide bonds. The predicted molar refractivity (Wildman–Crippen MR) is 83.7 cm³/mol. The first-order valence-corrected chi connectivity index (χ1v) is 8.07. The Morgan fingerprint density at radius 3 is 3.05 bits per heavy atom. The molecule has 110 valence electrons. The van der Waals surface area contributed by atoms with Crippen LogP contribution in [0.5, 0.6) is 5.75 Å². The van der Waals surface area contributed by atoms with Crippen LogP contribution in [0.4, 0.5) is 0 Å². The predicted octanol–water partition coefficient (Wildman–Crippen LogP) is 1.98. The van der Waals surface area contributed by atoms with Crippen molar-refractivity contribution in [2.75, 3.05) is 25.3 Å². The van der Waals surface area contributed by atoms with E-state index in [1.165, 1.54) is 0 Å². The van der Waals surface area contributed by atoms with Gasteiger partial charge in [-0.15, -0.1) is 11.8 Å². The highest BCUT2D eigenvalue weighted by Gasteiger charge is 2.21. The number of amides is 1. The second-order valence-corrected chi connectivity index (χ2v) is 6.19. The van der Waals surface area contributed by atoms with Crippen molar-refractivity contribution < 1.29 is 9.53 Å². The molecule has 0 saturated carbocycles. The molecule has 0 radical (unpaired) electrons. The van der Waals surface area contributed by atoms with Gasteiger partial charge in [-0.1, -0.05) is 11.6 Å². The van der Waals surface area contributed by atoms with Crippen LogP contribution in [0.15, 0.2) is 12.1 Å². The first kappa shape index (κ1) is 15.5. The maximum absolute atomic E-state index is 11.9. The molecule has 1 fully saturated rings. The Morgan fingerprint density at radius 2 is 2.40 bits per heavy atom. The highest BCUT2D eigenvalue weighted by molar-refractivity contribution is 7.99. The molecule has 1 saturated heterocycles. The van der Waals surface area contributed by atoms with Gasteiger partial charge in [-0.3, -0.25) is 10.1 Å². The number of carbonyl (C=O) groups is 1.